The quantitative estimate of drug-likeness (QED) is 0.833. The van der Waals surface area contributed by atoms with Crippen LogP contribution >= 0.6 is 12.4 Å². The molecule has 1 aromatic carbocycles. The van der Waals surface area contributed by atoms with Gasteiger partial charge in [0.1, 0.15) is 5.75 Å². The molecule has 0 aromatic heterocycles. The van der Waals surface area contributed by atoms with Crippen LogP contribution in [0.15, 0.2) is 24.3 Å². The Morgan fingerprint density at radius 2 is 1.93 bits per heavy atom. The summed E-state index contributed by atoms with van der Waals surface area (Å²) in [4.78, 5) is 0. The second-order valence-corrected chi connectivity index (χ2v) is 4.17. The molecule has 0 aliphatic rings. The maximum absolute atomic E-state index is 9.28. The largest absolute Gasteiger partial charge is 0.508 e. The SMILES string of the molecule is CC(C)CC[C@@H](N)c1cccc(O)c1.Cl. The third-order valence-electron chi connectivity index (χ3n) is 2.35. The number of halogens is 1. The van der Waals surface area contributed by atoms with E-state index in [1.54, 1.807) is 12.1 Å². The zero-order valence-electron chi connectivity index (χ0n) is 9.31. The van der Waals surface area contributed by atoms with Crippen molar-refractivity contribution in [3.05, 3.63) is 29.8 Å². The molecule has 3 N–H and O–H groups in total. The predicted octanol–water partition coefficient (Wildman–Crippen LogP) is 3.25. The van der Waals surface area contributed by atoms with Crippen molar-refractivity contribution in [3.63, 3.8) is 0 Å². The van der Waals surface area contributed by atoms with Gasteiger partial charge in [0.05, 0.1) is 0 Å². The molecule has 0 spiro atoms. The van der Waals surface area contributed by atoms with Gasteiger partial charge in [-0.05, 0) is 36.5 Å². The fourth-order valence-electron chi connectivity index (χ4n) is 1.43. The Balaban J connectivity index is 0.00000196. The number of phenolic OH excluding ortho intramolecular Hbond substituents is 1. The zero-order chi connectivity index (χ0) is 10.6. The summed E-state index contributed by atoms with van der Waals surface area (Å²) < 4.78 is 0. The first-order valence-electron chi connectivity index (χ1n) is 5.14. The van der Waals surface area contributed by atoms with Crippen LogP contribution in [0.3, 0.4) is 0 Å². The minimum absolute atomic E-state index is 0. The third kappa shape index (κ3) is 5.05. The minimum atomic E-state index is 0. The predicted molar refractivity (Wildman–Crippen MR) is 66.4 cm³/mol. The van der Waals surface area contributed by atoms with Gasteiger partial charge in [0.15, 0.2) is 0 Å². The molecule has 3 heteroatoms. The highest BCUT2D eigenvalue weighted by atomic mass is 35.5. The first-order chi connectivity index (χ1) is 6.59. The Morgan fingerprint density at radius 1 is 1.27 bits per heavy atom. The van der Waals surface area contributed by atoms with Gasteiger partial charge in [0, 0.05) is 6.04 Å². The molecule has 0 aliphatic heterocycles. The van der Waals surface area contributed by atoms with Gasteiger partial charge in [-0.3, -0.25) is 0 Å². The molecule has 0 fully saturated rings. The Hall–Kier alpha value is -0.730. The van der Waals surface area contributed by atoms with Gasteiger partial charge in [0.25, 0.3) is 0 Å². The fourth-order valence-corrected chi connectivity index (χ4v) is 1.43. The van der Waals surface area contributed by atoms with Crippen molar-refractivity contribution in [1.29, 1.82) is 0 Å². The van der Waals surface area contributed by atoms with Crippen LogP contribution < -0.4 is 5.73 Å². The van der Waals surface area contributed by atoms with Crippen molar-refractivity contribution < 1.29 is 5.11 Å². The molecular formula is C12H20ClNO. The maximum atomic E-state index is 9.28. The summed E-state index contributed by atoms with van der Waals surface area (Å²) in [7, 11) is 0. The van der Waals surface area contributed by atoms with Crippen molar-refractivity contribution in [1.82, 2.24) is 0 Å². The van der Waals surface area contributed by atoms with E-state index >= 15 is 0 Å². The van der Waals surface area contributed by atoms with Crippen LogP contribution in [0.5, 0.6) is 5.75 Å². The molecule has 86 valence electrons. The van der Waals surface area contributed by atoms with E-state index in [0.29, 0.717) is 11.7 Å². The van der Waals surface area contributed by atoms with Crippen LogP contribution in [0.1, 0.15) is 38.3 Å². The molecule has 0 bridgehead atoms. The van der Waals surface area contributed by atoms with Gasteiger partial charge in [-0.15, -0.1) is 12.4 Å². The molecule has 1 aromatic rings. The molecule has 0 amide bonds. The normalized spacial score (nSPS) is 12.3. The first-order valence-corrected chi connectivity index (χ1v) is 5.14. The lowest BCUT2D eigenvalue weighted by Crippen LogP contribution is -2.10. The molecule has 0 saturated carbocycles. The van der Waals surface area contributed by atoms with Gasteiger partial charge in [-0.25, -0.2) is 0 Å². The number of hydrogen-bond acceptors (Lipinski definition) is 2. The lowest BCUT2D eigenvalue weighted by atomic mass is 9.98. The molecule has 0 saturated heterocycles. The van der Waals surface area contributed by atoms with E-state index in [0.717, 1.165) is 18.4 Å². The summed E-state index contributed by atoms with van der Waals surface area (Å²) in [6.45, 7) is 4.38. The number of rotatable bonds is 4. The Kier molecular flexibility index (Phi) is 6.37. The monoisotopic (exact) mass is 229 g/mol. The molecule has 0 aliphatic carbocycles. The second kappa shape index (κ2) is 6.70. The number of aromatic hydroxyl groups is 1. The van der Waals surface area contributed by atoms with Crippen LogP contribution in [-0.4, -0.2) is 5.11 Å². The number of hydrogen-bond donors (Lipinski definition) is 2. The summed E-state index contributed by atoms with van der Waals surface area (Å²) in [5.74, 6) is 0.973. The number of nitrogens with two attached hydrogens (primary N) is 1. The van der Waals surface area contributed by atoms with Crippen molar-refractivity contribution in [2.24, 2.45) is 11.7 Å². The average molecular weight is 230 g/mol. The summed E-state index contributed by atoms with van der Waals surface area (Å²) >= 11 is 0. The van der Waals surface area contributed by atoms with E-state index in [9.17, 15) is 5.11 Å². The van der Waals surface area contributed by atoms with Crippen molar-refractivity contribution in [2.75, 3.05) is 0 Å². The van der Waals surface area contributed by atoms with E-state index in [4.69, 9.17) is 5.73 Å². The summed E-state index contributed by atoms with van der Waals surface area (Å²) in [5, 5.41) is 9.28. The lowest BCUT2D eigenvalue weighted by molar-refractivity contribution is 0.470. The summed E-state index contributed by atoms with van der Waals surface area (Å²) in [6, 6.07) is 7.25. The van der Waals surface area contributed by atoms with Crippen LogP contribution in [0, 0.1) is 5.92 Å². The van der Waals surface area contributed by atoms with E-state index in [2.05, 4.69) is 13.8 Å². The smallest absolute Gasteiger partial charge is 0.115 e. The van der Waals surface area contributed by atoms with E-state index in [1.165, 1.54) is 0 Å². The van der Waals surface area contributed by atoms with Crippen molar-refractivity contribution in [3.8, 4) is 5.75 Å². The Labute approximate surface area is 97.9 Å². The van der Waals surface area contributed by atoms with E-state index < -0.39 is 0 Å². The van der Waals surface area contributed by atoms with Gasteiger partial charge in [-0.2, -0.15) is 0 Å². The number of phenols is 1. The molecular weight excluding hydrogens is 210 g/mol. The first kappa shape index (κ1) is 14.3. The van der Waals surface area contributed by atoms with Crippen LogP contribution in [0.25, 0.3) is 0 Å². The highest BCUT2D eigenvalue weighted by Gasteiger charge is 2.07. The highest BCUT2D eigenvalue weighted by Crippen LogP contribution is 2.21. The standard InChI is InChI=1S/C12H19NO.ClH/c1-9(2)6-7-12(13)10-4-3-5-11(14)8-10;/h3-5,8-9,12,14H,6-7,13H2,1-2H3;1H/t12-;/m1./s1. The molecule has 15 heavy (non-hydrogen) atoms. The molecule has 0 heterocycles. The van der Waals surface area contributed by atoms with Crippen LogP contribution in [0.4, 0.5) is 0 Å². The van der Waals surface area contributed by atoms with Crippen LogP contribution in [0.2, 0.25) is 0 Å². The fraction of sp³-hybridized carbons (Fsp3) is 0.500. The minimum Gasteiger partial charge on any atom is -0.508 e. The summed E-state index contributed by atoms with van der Waals surface area (Å²) in [6.07, 6.45) is 2.10. The Bertz CT molecular complexity index is 289. The molecule has 0 radical (unpaired) electrons. The molecule has 1 rings (SSSR count). The average Bonchev–Trinajstić information content (AvgIpc) is 2.14. The lowest BCUT2D eigenvalue weighted by Gasteiger charge is -2.13. The summed E-state index contributed by atoms with van der Waals surface area (Å²) in [5.41, 5.74) is 7.02. The molecule has 2 nitrogen and oxygen atoms in total. The van der Waals surface area contributed by atoms with Crippen molar-refractivity contribution >= 4 is 12.4 Å². The Morgan fingerprint density at radius 3 is 2.47 bits per heavy atom. The second-order valence-electron chi connectivity index (χ2n) is 4.17. The van der Waals surface area contributed by atoms with Gasteiger partial charge >= 0.3 is 0 Å². The van der Waals surface area contributed by atoms with Gasteiger partial charge < -0.3 is 10.8 Å². The van der Waals surface area contributed by atoms with E-state index in [1.807, 2.05) is 12.1 Å². The topological polar surface area (TPSA) is 46.2 Å². The third-order valence-corrected chi connectivity index (χ3v) is 2.35. The molecule has 1 atom stereocenters. The molecule has 0 unspecified atom stereocenters. The highest BCUT2D eigenvalue weighted by molar-refractivity contribution is 5.85. The van der Waals surface area contributed by atoms with E-state index in [-0.39, 0.29) is 18.4 Å². The number of benzene rings is 1. The van der Waals surface area contributed by atoms with Gasteiger partial charge in [0.2, 0.25) is 0 Å². The van der Waals surface area contributed by atoms with Crippen LogP contribution in [-0.2, 0) is 0 Å². The van der Waals surface area contributed by atoms with Gasteiger partial charge in [-0.1, -0.05) is 26.0 Å². The van der Waals surface area contributed by atoms with Crippen molar-refractivity contribution in [2.45, 2.75) is 32.7 Å². The zero-order valence-corrected chi connectivity index (χ0v) is 10.1. The maximum Gasteiger partial charge on any atom is 0.115 e.